The van der Waals surface area contributed by atoms with Crippen LogP contribution in [0.1, 0.15) is 27.2 Å². The monoisotopic (exact) mass is 382 g/mol. The highest BCUT2D eigenvalue weighted by molar-refractivity contribution is 6.05. The Morgan fingerprint density at radius 3 is 2.50 bits per heavy atom. The number of aromatic nitrogens is 3. The van der Waals surface area contributed by atoms with Crippen LogP contribution in [0.5, 0.6) is 11.5 Å². The van der Waals surface area contributed by atoms with E-state index in [1.165, 1.54) is 0 Å². The number of ether oxygens (including phenoxy) is 2. The number of rotatable bonds is 3. The molecule has 146 valence electrons. The van der Waals surface area contributed by atoms with Gasteiger partial charge >= 0.3 is 0 Å². The van der Waals surface area contributed by atoms with Crippen molar-refractivity contribution in [3.05, 3.63) is 50.9 Å². The van der Waals surface area contributed by atoms with Crippen LogP contribution in [0.25, 0.3) is 11.0 Å². The van der Waals surface area contributed by atoms with E-state index in [1.54, 1.807) is 36.9 Å². The van der Waals surface area contributed by atoms with Crippen LogP contribution >= 0.6 is 0 Å². The number of hydrogen-bond donors (Lipinski definition) is 1. The third-order valence-corrected chi connectivity index (χ3v) is 5.18. The third-order valence-electron chi connectivity index (χ3n) is 5.18. The van der Waals surface area contributed by atoms with E-state index in [0.29, 0.717) is 53.3 Å². The highest BCUT2D eigenvalue weighted by Crippen LogP contribution is 2.33. The Hall–Kier alpha value is -3.29. The van der Waals surface area contributed by atoms with Crippen molar-refractivity contribution in [2.45, 2.75) is 19.9 Å². The topological polar surface area (TPSA) is 89.5 Å². The average molecular weight is 382 g/mol. The third kappa shape index (κ3) is 2.81. The molecule has 0 unspecified atom stereocenters. The van der Waals surface area contributed by atoms with Gasteiger partial charge in [-0.05, 0) is 42.7 Å². The number of aryl methyl sites for hydroxylation is 2. The first-order valence-corrected chi connectivity index (χ1v) is 9.02. The average Bonchev–Trinajstić information content (AvgIpc) is 2.98. The number of pyridine rings is 1. The van der Waals surface area contributed by atoms with Crippen molar-refractivity contribution in [1.82, 2.24) is 19.7 Å². The molecule has 8 nitrogen and oxygen atoms in total. The fourth-order valence-electron chi connectivity index (χ4n) is 3.78. The Morgan fingerprint density at radius 1 is 1.14 bits per heavy atom. The predicted octanol–water partition coefficient (Wildman–Crippen LogP) is 1.79. The molecule has 8 heteroatoms. The Kier molecular flexibility index (Phi) is 4.33. The maximum atomic E-state index is 13.3. The second kappa shape index (κ2) is 6.70. The number of carbonyl (C=O) groups excluding carboxylic acids is 1. The molecule has 0 spiro atoms. The van der Waals surface area contributed by atoms with Gasteiger partial charge in [-0.3, -0.25) is 19.4 Å². The zero-order valence-corrected chi connectivity index (χ0v) is 16.3. The van der Waals surface area contributed by atoms with Crippen LogP contribution in [-0.2, 0) is 20.0 Å². The first kappa shape index (κ1) is 18.1. The lowest BCUT2D eigenvalue weighted by Crippen LogP contribution is -2.36. The van der Waals surface area contributed by atoms with Gasteiger partial charge in [-0.25, -0.2) is 4.98 Å². The Balaban J connectivity index is 1.73. The molecule has 2 aromatic heterocycles. The van der Waals surface area contributed by atoms with Crippen LogP contribution < -0.4 is 15.0 Å². The first-order valence-electron chi connectivity index (χ1n) is 9.02. The number of carbonyl (C=O) groups is 1. The van der Waals surface area contributed by atoms with Crippen LogP contribution in [0.2, 0.25) is 0 Å². The van der Waals surface area contributed by atoms with Crippen molar-refractivity contribution >= 4 is 16.9 Å². The van der Waals surface area contributed by atoms with E-state index in [9.17, 15) is 9.59 Å². The molecule has 1 aliphatic heterocycles. The first-order chi connectivity index (χ1) is 13.4. The van der Waals surface area contributed by atoms with Gasteiger partial charge in [0.25, 0.3) is 11.5 Å². The molecule has 1 aliphatic rings. The number of nitrogens with one attached hydrogen (secondary N) is 1. The van der Waals surface area contributed by atoms with E-state index in [1.807, 2.05) is 19.1 Å². The van der Waals surface area contributed by atoms with Gasteiger partial charge < -0.3 is 14.4 Å². The minimum absolute atomic E-state index is 0.173. The summed E-state index contributed by atoms with van der Waals surface area (Å²) in [6.07, 6.45) is 0.708. The highest BCUT2D eigenvalue weighted by Gasteiger charge is 2.26. The molecule has 0 saturated heterocycles. The summed E-state index contributed by atoms with van der Waals surface area (Å²) in [5.41, 5.74) is 3.40. The van der Waals surface area contributed by atoms with Crippen LogP contribution in [0.3, 0.4) is 0 Å². The lowest BCUT2D eigenvalue weighted by molar-refractivity contribution is 0.0736. The summed E-state index contributed by atoms with van der Waals surface area (Å²) in [7, 11) is 4.91. The standard InChI is InChI=1S/C20H22N4O4/c1-11-7-14(17-18(21-11)23(2)22-19(17)25)20(26)24-6-5-12-8-15(27-3)16(28-4)9-13(12)10-24/h7-9H,5-6,10H2,1-4H3,(H,22,25). The molecule has 1 aromatic carbocycles. The quantitative estimate of drug-likeness (QED) is 0.746. The maximum Gasteiger partial charge on any atom is 0.274 e. The molecule has 0 saturated carbocycles. The molecule has 4 rings (SSSR count). The Labute approximate surface area is 161 Å². The molecule has 0 aliphatic carbocycles. The molecule has 0 radical (unpaired) electrons. The molecule has 3 aromatic rings. The van der Waals surface area contributed by atoms with Crippen LogP contribution in [0.4, 0.5) is 0 Å². The molecule has 0 fully saturated rings. The zero-order valence-electron chi connectivity index (χ0n) is 16.3. The highest BCUT2D eigenvalue weighted by atomic mass is 16.5. The van der Waals surface area contributed by atoms with Crippen molar-refractivity contribution in [1.29, 1.82) is 0 Å². The summed E-state index contributed by atoms with van der Waals surface area (Å²) in [5, 5.41) is 3.01. The Morgan fingerprint density at radius 2 is 1.82 bits per heavy atom. The summed E-state index contributed by atoms with van der Waals surface area (Å²) in [4.78, 5) is 31.8. The SMILES string of the molecule is COc1cc2c(cc1OC)CN(C(=O)c1cc(C)nc3c1c(=O)[nH]n3C)CC2. The van der Waals surface area contributed by atoms with Crippen LogP contribution in [-0.4, -0.2) is 46.3 Å². The summed E-state index contributed by atoms with van der Waals surface area (Å²) in [5.74, 6) is 1.15. The molecular weight excluding hydrogens is 360 g/mol. The largest absolute Gasteiger partial charge is 0.493 e. The second-order valence-electron chi connectivity index (χ2n) is 6.96. The van der Waals surface area contributed by atoms with Gasteiger partial charge in [0.15, 0.2) is 17.1 Å². The maximum absolute atomic E-state index is 13.3. The van der Waals surface area contributed by atoms with Gasteiger partial charge in [0.2, 0.25) is 0 Å². The van der Waals surface area contributed by atoms with Gasteiger partial charge in [-0.2, -0.15) is 0 Å². The minimum atomic E-state index is -0.308. The van der Waals surface area contributed by atoms with Crippen molar-refractivity contribution in [3.63, 3.8) is 0 Å². The molecule has 1 amide bonds. The minimum Gasteiger partial charge on any atom is -0.493 e. The number of benzene rings is 1. The Bertz CT molecular complexity index is 1150. The number of hydrogen-bond acceptors (Lipinski definition) is 5. The van der Waals surface area contributed by atoms with E-state index in [-0.39, 0.29) is 11.5 Å². The van der Waals surface area contributed by atoms with Gasteiger partial charge in [-0.1, -0.05) is 0 Å². The molecule has 3 heterocycles. The van der Waals surface area contributed by atoms with Crippen molar-refractivity contribution < 1.29 is 14.3 Å². The molecule has 0 atom stereocenters. The van der Waals surface area contributed by atoms with E-state index < -0.39 is 0 Å². The van der Waals surface area contributed by atoms with E-state index >= 15 is 0 Å². The molecule has 0 bridgehead atoms. The van der Waals surface area contributed by atoms with Crippen molar-refractivity contribution in [2.24, 2.45) is 7.05 Å². The fraction of sp³-hybridized carbons (Fsp3) is 0.350. The van der Waals surface area contributed by atoms with Crippen LogP contribution in [0.15, 0.2) is 23.0 Å². The lowest BCUT2D eigenvalue weighted by atomic mass is 9.98. The summed E-state index contributed by atoms with van der Waals surface area (Å²) >= 11 is 0. The number of aromatic amines is 1. The number of nitrogens with zero attached hydrogens (tertiary/aromatic N) is 3. The van der Waals surface area contributed by atoms with Crippen LogP contribution in [0, 0.1) is 6.92 Å². The lowest BCUT2D eigenvalue weighted by Gasteiger charge is -2.30. The number of H-pyrrole nitrogens is 1. The molecule has 1 N–H and O–H groups in total. The molecular formula is C20H22N4O4. The number of fused-ring (bicyclic) bond motifs is 2. The van der Waals surface area contributed by atoms with Gasteiger partial charge in [0.1, 0.15) is 0 Å². The zero-order chi connectivity index (χ0) is 20.0. The van der Waals surface area contributed by atoms with Crippen molar-refractivity contribution in [2.75, 3.05) is 20.8 Å². The normalized spacial score (nSPS) is 13.5. The van der Waals surface area contributed by atoms with E-state index in [4.69, 9.17) is 9.47 Å². The van der Waals surface area contributed by atoms with E-state index in [0.717, 1.165) is 11.1 Å². The smallest absolute Gasteiger partial charge is 0.274 e. The second-order valence-corrected chi connectivity index (χ2v) is 6.96. The summed E-state index contributed by atoms with van der Waals surface area (Å²) in [6, 6.07) is 5.56. The van der Waals surface area contributed by atoms with Gasteiger partial charge in [-0.15, -0.1) is 0 Å². The predicted molar refractivity (Wildman–Crippen MR) is 104 cm³/mol. The summed E-state index contributed by atoms with van der Waals surface area (Å²) < 4.78 is 12.3. The van der Waals surface area contributed by atoms with E-state index in [2.05, 4.69) is 10.1 Å². The van der Waals surface area contributed by atoms with Gasteiger partial charge in [0, 0.05) is 25.8 Å². The van der Waals surface area contributed by atoms with Gasteiger partial charge in [0.05, 0.1) is 25.2 Å². The number of methoxy groups -OCH3 is 2. The van der Waals surface area contributed by atoms with Crippen molar-refractivity contribution in [3.8, 4) is 11.5 Å². The number of amides is 1. The fourth-order valence-corrected chi connectivity index (χ4v) is 3.78. The molecule has 28 heavy (non-hydrogen) atoms. The summed E-state index contributed by atoms with van der Waals surface area (Å²) in [6.45, 7) is 2.83.